The Labute approximate surface area is 118 Å². The second-order valence-corrected chi connectivity index (χ2v) is 5.15. The van der Waals surface area contributed by atoms with E-state index in [1.807, 2.05) is 24.3 Å². The zero-order valence-electron chi connectivity index (χ0n) is 10.7. The molecule has 0 unspecified atom stereocenters. The minimum Gasteiger partial charge on any atom is -0.489 e. The fraction of sp³-hybridized carbons (Fsp3) is 0.250. The molecule has 0 saturated carbocycles. The summed E-state index contributed by atoms with van der Waals surface area (Å²) in [5.74, 6) is 0.853. The molecule has 98 valence electrons. The molecule has 2 nitrogen and oxygen atoms in total. The van der Waals surface area contributed by atoms with E-state index in [0.29, 0.717) is 6.61 Å². The van der Waals surface area contributed by atoms with Crippen molar-refractivity contribution in [3.8, 4) is 5.75 Å². The number of anilines is 1. The summed E-state index contributed by atoms with van der Waals surface area (Å²) in [5, 5.41) is 4.17. The van der Waals surface area contributed by atoms with Gasteiger partial charge in [0.25, 0.3) is 0 Å². The predicted molar refractivity (Wildman–Crippen MR) is 79.0 cm³/mol. The van der Waals surface area contributed by atoms with Gasteiger partial charge in [0.2, 0.25) is 0 Å². The number of halogens is 1. The fourth-order valence-electron chi connectivity index (χ4n) is 2.41. The SMILES string of the molecule is Clc1ccc(OCc2cccc3c2CCCN3)cc1. The molecular formula is C16H16ClNO. The lowest BCUT2D eigenvalue weighted by molar-refractivity contribution is 0.305. The first-order chi connectivity index (χ1) is 9.33. The van der Waals surface area contributed by atoms with Crippen molar-refractivity contribution in [3.05, 3.63) is 58.6 Å². The summed E-state index contributed by atoms with van der Waals surface area (Å²) in [5.41, 5.74) is 3.91. The van der Waals surface area contributed by atoms with Crippen LogP contribution in [-0.2, 0) is 13.0 Å². The molecule has 3 rings (SSSR count). The summed E-state index contributed by atoms with van der Waals surface area (Å²) in [6.07, 6.45) is 2.31. The van der Waals surface area contributed by atoms with Gasteiger partial charge in [-0.15, -0.1) is 0 Å². The van der Waals surface area contributed by atoms with Crippen LogP contribution in [0.25, 0.3) is 0 Å². The van der Waals surface area contributed by atoms with Gasteiger partial charge in [-0.05, 0) is 54.3 Å². The summed E-state index contributed by atoms with van der Waals surface area (Å²) >= 11 is 5.86. The Morgan fingerprint density at radius 1 is 1.11 bits per heavy atom. The van der Waals surface area contributed by atoms with E-state index in [4.69, 9.17) is 16.3 Å². The van der Waals surface area contributed by atoms with Gasteiger partial charge >= 0.3 is 0 Å². The number of nitrogens with one attached hydrogen (secondary N) is 1. The molecule has 0 radical (unpaired) electrons. The van der Waals surface area contributed by atoms with Crippen molar-refractivity contribution in [3.63, 3.8) is 0 Å². The molecule has 0 aliphatic carbocycles. The Bertz CT molecular complexity index is 565. The summed E-state index contributed by atoms with van der Waals surface area (Å²) in [6.45, 7) is 1.67. The van der Waals surface area contributed by atoms with E-state index in [2.05, 4.69) is 23.5 Å². The first-order valence-corrected chi connectivity index (χ1v) is 6.94. The minimum absolute atomic E-state index is 0.604. The van der Waals surface area contributed by atoms with Crippen molar-refractivity contribution in [2.75, 3.05) is 11.9 Å². The summed E-state index contributed by atoms with van der Waals surface area (Å²) in [6, 6.07) is 13.9. The maximum Gasteiger partial charge on any atom is 0.119 e. The fourth-order valence-corrected chi connectivity index (χ4v) is 2.54. The Hall–Kier alpha value is -1.67. The molecule has 2 aromatic rings. The molecule has 3 heteroatoms. The van der Waals surface area contributed by atoms with Gasteiger partial charge in [0.05, 0.1) is 0 Å². The van der Waals surface area contributed by atoms with E-state index in [1.54, 1.807) is 0 Å². The van der Waals surface area contributed by atoms with Gasteiger partial charge in [-0.25, -0.2) is 0 Å². The van der Waals surface area contributed by atoms with Gasteiger partial charge in [0.15, 0.2) is 0 Å². The van der Waals surface area contributed by atoms with E-state index in [9.17, 15) is 0 Å². The van der Waals surface area contributed by atoms with Crippen molar-refractivity contribution in [1.29, 1.82) is 0 Å². The number of fused-ring (bicyclic) bond motifs is 1. The third-order valence-corrected chi connectivity index (χ3v) is 3.65. The molecule has 1 heterocycles. The summed E-state index contributed by atoms with van der Waals surface area (Å²) in [4.78, 5) is 0. The summed E-state index contributed by atoms with van der Waals surface area (Å²) < 4.78 is 5.83. The number of benzene rings is 2. The monoisotopic (exact) mass is 273 g/mol. The highest BCUT2D eigenvalue weighted by atomic mass is 35.5. The highest BCUT2D eigenvalue weighted by Gasteiger charge is 2.12. The molecule has 1 aliphatic rings. The molecule has 1 N–H and O–H groups in total. The van der Waals surface area contributed by atoms with Crippen LogP contribution in [0.4, 0.5) is 5.69 Å². The normalized spacial score (nSPS) is 13.5. The van der Waals surface area contributed by atoms with Crippen molar-refractivity contribution in [2.45, 2.75) is 19.4 Å². The first kappa shape index (κ1) is 12.4. The maximum absolute atomic E-state index is 5.86. The van der Waals surface area contributed by atoms with Crippen molar-refractivity contribution in [1.82, 2.24) is 0 Å². The number of rotatable bonds is 3. The summed E-state index contributed by atoms with van der Waals surface area (Å²) in [7, 11) is 0. The van der Waals surface area contributed by atoms with Crippen LogP contribution in [0.1, 0.15) is 17.5 Å². The molecule has 0 spiro atoms. The zero-order valence-corrected chi connectivity index (χ0v) is 11.4. The van der Waals surface area contributed by atoms with E-state index in [0.717, 1.165) is 23.7 Å². The molecule has 0 fully saturated rings. The molecule has 1 aliphatic heterocycles. The Morgan fingerprint density at radius 3 is 2.79 bits per heavy atom. The topological polar surface area (TPSA) is 21.3 Å². The van der Waals surface area contributed by atoms with Gasteiger partial charge in [-0.2, -0.15) is 0 Å². The van der Waals surface area contributed by atoms with E-state index >= 15 is 0 Å². The van der Waals surface area contributed by atoms with E-state index < -0.39 is 0 Å². The highest BCUT2D eigenvalue weighted by Crippen LogP contribution is 2.26. The third kappa shape index (κ3) is 2.85. The van der Waals surface area contributed by atoms with Crippen LogP contribution < -0.4 is 10.1 Å². The standard InChI is InChI=1S/C16H16ClNO/c17-13-6-8-14(9-7-13)19-11-12-3-1-5-16-15(12)4-2-10-18-16/h1,3,5-9,18H,2,4,10-11H2. The van der Waals surface area contributed by atoms with Crippen LogP contribution in [0.5, 0.6) is 5.75 Å². The van der Waals surface area contributed by atoms with Crippen LogP contribution in [0.15, 0.2) is 42.5 Å². The largest absolute Gasteiger partial charge is 0.489 e. The molecule has 0 bridgehead atoms. The van der Waals surface area contributed by atoms with Crippen LogP contribution >= 0.6 is 11.6 Å². The molecule has 0 aromatic heterocycles. The van der Waals surface area contributed by atoms with Gasteiger partial charge in [-0.3, -0.25) is 0 Å². The molecule has 0 amide bonds. The van der Waals surface area contributed by atoms with Crippen LogP contribution in [0, 0.1) is 0 Å². The zero-order chi connectivity index (χ0) is 13.1. The molecule has 2 aromatic carbocycles. The first-order valence-electron chi connectivity index (χ1n) is 6.56. The lowest BCUT2D eigenvalue weighted by Crippen LogP contribution is -2.14. The van der Waals surface area contributed by atoms with Crippen molar-refractivity contribution in [2.24, 2.45) is 0 Å². The number of hydrogen-bond acceptors (Lipinski definition) is 2. The molecule has 0 saturated heterocycles. The van der Waals surface area contributed by atoms with Crippen LogP contribution in [0.3, 0.4) is 0 Å². The molecule has 19 heavy (non-hydrogen) atoms. The Morgan fingerprint density at radius 2 is 1.95 bits per heavy atom. The lowest BCUT2D eigenvalue weighted by atomic mass is 9.98. The van der Waals surface area contributed by atoms with Crippen LogP contribution in [0.2, 0.25) is 5.02 Å². The second kappa shape index (κ2) is 5.54. The number of ether oxygens (including phenoxy) is 1. The third-order valence-electron chi connectivity index (χ3n) is 3.40. The predicted octanol–water partition coefficient (Wildman–Crippen LogP) is 4.28. The van der Waals surface area contributed by atoms with E-state index in [1.165, 1.54) is 23.2 Å². The van der Waals surface area contributed by atoms with Crippen molar-refractivity contribution >= 4 is 17.3 Å². The van der Waals surface area contributed by atoms with Gasteiger partial charge < -0.3 is 10.1 Å². The quantitative estimate of drug-likeness (QED) is 0.901. The van der Waals surface area contributed by atoms with Gasteiger partial charge in [-0.1, -0.05) is 23.7 Å². The van der Waals surface area contributed by atoms with Gasteiger partial charge in [0, 0.05) is 17.3 Å². The van der Waals surface area contributed by atoms with Crippen LogP contribution in [-0.4, -0.2) is 6.54 Å². The maximum atomic E-state index is 5.86. The lowest BCUT2D eigenvalue weighted by Gasteiger charge is -2.21. The smallest absolute Gasteiger partial charge is 0.119 e. The second-order valence-electron chi connectivity index (χ2n) is 4.72. The highest BCUT2D eigenvalue weighted by molar-refractivity contribution is 6.30. The Balaban J connectivity index is 1.75. The molecular weight excluding hydrogens is 258 g/mol. The minimum atomic E-state index is 0.604. The van der Waals surface area contributed by atoms with Crippen molar-refractivity contribution < 1.29 is 4.74 Å². The average Bonchev–Trinajstić information content (AvgIpc) is 2.47. The Kier molecular flexibility index (Phi) is 3.60. The molecule has 0 atom stereocenters. The van der Waals surface area contributed by atoms with E-state index in [-0.39, 0.29) is 0 Å². The number of hydrogen-bond donors (Lipinski definition) is 1. The van der Waals surface area contributed by atoms with Gasteiger partial charge in [0.1, 0.15) is 12.4 Å². The average molecular weight is 274 g/mol.